The summed E-state index contributed by atoms with van der Waals surface area (Å²) >= 11 is 1.72. The van der Waals surface area contributed by atoms with Gasteiger partial charge in [-0.15, -0.1) is 11.3 Å². The third-order valence-electron chi connectivity index (χ3n) is 2.29. The van der Waals surface area contributed by atoms with Crippen molar-refractivity contribution < 1.29 is 14.7 Å². The first-order chi connectivity index (χ1) is 8.77. The maximum Gasteiger partial charge on any atom is 0.277 e. The van der Waals surface area contributed by atoms with Crippen molar-refractivity contribution in [3.05, 3.63) is 28.1 Å². The van der Waals surface area contributed by atoms with Crippen LogP contribution < -0.4 is 16.4 Å². The number of amides is 1. The minimum Gasteiger partial charge on any atom is -0.379 e. The van der Waals surface area contributed by atoms with Gasteiger partial charge in [0.2, 0.25) is 11.5 Å². The van der Waals surface area contributed by atoms with Crippen molar-refractivity contribution in [3.8, 4) is 0 Å². The Bertz CT molecular complexity index is 496. The molecule has 0 unspecified atom stereocenters. The van der Waals surface area contributed by atoms with Crippen molar-refractivity contribution in [3.63, 3.8) is 0 Å². The molecule has 2 aromatic heterocycles. The van der Waals surface area contributed by atoms with E-state index in [1.54, 1.807) is 11.3 Å². The summed E-state index contributed by atoms with van der Waals surface area (Å²) in [6, 6.07) is 4.11. The van der Waals surface area contributed by atoms with Gasteiger partial charge in [0.1, 0.15) is 6.54 Å². The molecule has 0 fully saturated rings. The monoisotopic (exact) mass is 268 g/mol. The van der Waals surface area contributed by atoms with E-state index in [0.717, 1.165) is 13.1 Å². The Kier molecular flexibility index (Phi) is 4.26. The highest BCUT2D eigenvalue weighted by Crippen LogP contribution is 2.05. The highest BCUT2D eigenvalue weighted by atomic mass is 32.1. The highest BCUT2D eigenvalue weighted by molar-refractivity contribution is 7.09. The molecule has 8 heteroatoms. The number of carbonyl (C=O) groups is 1. The van der Waals surface area contributed by atoms with Crippen LogP contribution in [0.3, 0.4) is 0 Å². The molecule has 96 valence electrons. The Morgan fingerprint density at radius 1 is 1.56 bits per heavy atom. The molecular formula is C10H14N5O2S+. The maximum absolute atomic E-state index is 11.6. The molecule has 0 aliphatic rings. The first-order valence-corrected chi connectivity index (χ1v) is 6.35. The third-order valence-corrected chi connectivity index (χ3v) is 3.19. The zero-order valence-electron chi connectivity index (χ0n) is 9.63. The average molecular weight is 268 g/mol. The lowest BCUT2D eigenvalue weighted by atomic mass is 10.4. The molecule has 0 aromatic carbocycles. The Balaban J connectivity index is 1.64. The zero-order chi connectivity index (χ0) is 12.8. The molecule has 2 rings (SSSR count). The van der Waals surface area contributed by atoms with Crippen molar-refractivity contribution in [2.24, 2.45) is 0 Å². The highest BCUT2D eigenvalue weighted by Gasteiger charge is 2.15. The second-order valence-corrected chi connectivity index (χ2v) is 4.65. The van der Waals surface area contributed by atoms with Crippen LogP contribution in [0.15, 0.2) is 22.1 Å². The Morgan fingerprint density at radius 2 is 2.44 bits per heavy atom. The van der Waals surface area contributed by atoms with Crippen LogP contribution in [0.5, 0.6) is 0 Å². The molecule has 0 saturated carbocycles. The summed E-state index contributed by atoms with van der Waals surface area (Å²) in [6.45, 7) is 2.24. The first kappa shape index (κ1) is 12.5. The van der Waals surface area contributed by atoms with Crippen LogP contribution in [0.2, 0.25) is 0 Å². The molecule has 5 N–H and O–H groups in total. The number of hydrogen-bond donors (Lipinski definition) is 3. The lowest BCUT2D eigenvalue weighted by Gasteiger charge is -2.02. The number of thiophene rings is 1. The number of carbonyl (C=O) groups excluding carboxylic acids is 1. The van der Waals surface area contributed by atoms with Crippen molar-refractivity contribution in [2.75, 3.05) is 18.8 Å². The number of hydrogen-bond acceptors (Lipinski definition) is 6. The minimum absolute atomic E-state index is 0.00932. The molecule has 7 nitrogen and oxygen atoms in total. The molecule has 0 bridgehead atoms. The molecule has 0 spiro atoms. The molecule has 0 atom stereocenters. The quantitative estimate of drug-likeness (QED) is 0.594. The summed E-state index contributed by atoms with van der Waals surface area (Å²) < 4.78 is 4.35. The average Bonchev–Trinajstić information content (AvgIpc) is 2.99. The molecule has 2 aromatic rings. The van der Waals surface area contributed by atoms with Gasteiger partial charge in [0.05, 0.1) is 18.0 Å². The topological polar surface area (TPSA) is 111 Å². The van der Waals surface area contributed by atoms with E-state index in [9.17, 15) is 4.79 Å². The third kappa shape index (κ3) is 3.28. The zero-order valence-corrected chi connectivity index (χ0v) is 10.4. The number of quaternary nitrogens is 1. The van der Waals surface area contributed by atoms with Crippen LogP contribution in [0.1, 0.15) is 15.4 Å². The molecule has 0 aliphatic heterocycles. The number of nitrogens with one attached hydrogen (secondary N) is 1. The van der Waals surface area contributed by atoms with Gasteiger partial charge in [-0.25, -0.2) is 4.63 Å². The van der Waals surface area contributed by atoms with Gasteiger partial charge in [-0.05, 0) is 21.8 Å². The molecular weight excluding hydrogens is 254 g/mol. The van der Waals surface area contributed by atoms with E-state index in [-0.39, 0.29) is 17.4 Å². The second-order valence-electron chi connectivity index (χ2n) is 3.61. The van der Waals surface area contributed by atoms with Crippen molar-refractivity contribution in [1.29, 1.82) is 0 Å². The number of rotatable bonds is 6. The van der Waals surface area contributed by atoms with E-state index >= 15 is 0 Å². The summed E-state index contributed by atoms with van der Waals surface area (Å²) in [5, 5.41) is 13.6. The van der Waals surface area contributed by atoms with Crippen LogP contribution in [0, 0.1) is 0 Å². The van der Waals surface area contributed by atoms with Crippen molar-refractivity contribution in [1.82, 2.24) is 15.6 Å². The fraction of sp³-hybridized carbons (Fsp3) is 0.300. The fourth-order valence-corrected chi connectivity index (χ4v) is 2.10. The van der Waals surface area contributed by atoms with Crippen LogP contribution in [-0.4, -0.2) is 29.3 Å². The van der Waals surface area contributed by atoms with E-state index in [2.05, 4.69) is 31.6 Å². The van der Waals surface area contributed by atoms with Crippen molar-refractivity contribution in [2.45, 2.75) is 6.54 Å². The Morgan fingerprint density at radius 3 is 3.11 bits per heavy atom. The Hall–Kier alpha value is -1.93. The number of nitrogen functional groups attached to an aromatic ring is 1. The molecule has 1 amide bonds. The van der Waals surface area contributed by atoms with E-state index in [1.807, 2.05) is 11.4 Å². The Labute approximate surface area is 107 Å². The summed E-state index contributed by atoms with van der Waals surface area (Å²) in [5.41, 5.74) is 5.44. The van der Waals surface area contributed by atoms with Gasteiger partial charge in [0.15, 0.2) is 0 Å². The van der Waals surface area contributed by atoms with Crippen LogP contribution in [0.4, 0.5) is 5.82 Å². The SMILES string of the molecule is Nc1nonc1C(=O)NCC[NH2+]Cc1cccs1. The van der Waals surface area contributed by atoms with Gasteiger partial charge >= 0.3 is 0 Å². The molecule has 0 radical (unpaired) electrons. The lowest BCUT2D eigenvalue weighted by molar-refractivity contribution is -0.668. The van der Waals surface area contributed by atoms with Gasteiger partial charge in [-0.2, -0.15) is 0 Å². The normalized spacial score (nSPS) is 10.4. The van der Waals surface area contributed by atoms with Gasteiger partial charge in [0.25, 0.3) is 5.91 Å². The van der Waals surface area contributed by atoms with E-state index in [4.69, 9.17) is 5.73 Å². The van der Waals surface area contributed by atoms with Gasteiger partial charge in [-0.3, -0.25) is 4.79 Å². The first-order valence-electron chi connectivity index (χ1n) is 5.47. The standard InChI is InChI=1S/C10H13N5O2S/c11-9-8(14-17-15-9)10(16)13-4-3-12-6-7-2-1-5-18-7/h1-2,5,12H,3-4,6H2,(H2,11,15)(H,13,16)/p+1. The van der Waals surface area contributed by atoms with Crippen molar-refractivity contribution >= 4 is 23.1 Å². The smallest absolute Gasteiger partial charge is 0.277 e. The second kappa shape index (κ2) is 6.12. The summed E-state index contributed by atoms with van der Waals surface area (Å²) in [4.78, 5) is 12.9. The van der Waals surface area contributed by atoms with Gasteiger partial charge in [0, 0.05) is 0 Å². The van der Waals surface area contributed by atoms with E-state index in [0.29, 0.717) is 6.54 Å². The van der Waals surface area contributed by atoms with Gasteiger partial charge in [-0.1, -0.05) is 6.07 Å². The molecule has 18 heavy (non-hydrogen) atoms. The van der Waals surface area contributed by atoms with E-state index < -0.39 is 0 Å². The lowest BCUT2D eigenvalue weighted by Crippen LogP contribution is -2.84. The number of nitrogens with zero attached hydrogens (tertiary/aromatic N) is 2. The number of nitrogens with two attached hydrogens (primary N) is 2. The van der Waals surface area contributed by atoms with Crippen LogP contribution >= 0.6 is 11.3 Å². The summed E-state index contributed by atoms with van der Waals surface area (Å²) in [5.74, 6) is -0.353. The van der Waals surface area contributed by atoms with E-state index in [1.165, 1.54) is 4.88 Å². The fourth-order valence-electron chi connectivity index (χ4n) is 1.40. The number of aromatic nitrogens is 2. The predicted molar refractivity (Wildman–Crippen MR) is 65.9 cm³/mol. The summed E-state index contributed by atoms with van der Waals surface area (Å²) in [7, 11) is 0. The van der Waals surface area contributed by atoms with Gasteiger partial charge < -0.3 is 16.4 Å². The minimum atomic E-state index is -0.363. The molecule has 2 heterocycles. The largest absolute Gasteiger partial charge is 0.379 e. The molecule has 0 saturated heterocycles. The van der Waals surface area contributed by atoms with Crippen LogP contribution in [0.25, 0.3) is 0 Å². The number of anilines is 1. The van der Waals surface area contributed by atoms with Crippen LogP contribution in [-0.2, 0) is 6.54 Å². The summed E-state index contributed by atoms with van der Waals surface area (Å²) in [6.07, 6.45) is 0. The predicted octanol–water partition coefficient (Wildman–Crippen LogP) is -0.793. The molecule has 0 aliphatic carbocycles. The maximum atomic E-state index is 11.6.